The van der Waals surface area contributed by atoms with Crippen LogP contribution in [0.15, 0.2) is 104 Å². The van der Waals surface area contributed by atoms with Crippen molar-refractivity contribution in [2.45, 2.75) is 37.7 Å². The van der Waals surface area contributed by atoms with E-state index in [1.165, 1.54) is 15.9 Å². The van der Waals surface area contributed by atoms with E-state index in [9.17, 15) is 0 Å². The average Bonchev–Trinajstić information content (AvgIpc) is 2.77. The van der Waals surface area contributed by atoms with Crippen LogP contribution in [0.5, 0.6) is 0 Å². The van der Waals surface area contributed by atoms with Crippen LogP contribution in [0.2, 0.25) is 5.04 Å². The molecule has 30 heavy (non-hydrogen) atoms. The summed E-state index contributed by atoms with van der Waals surface area (Å²) < 4.78 is 7.16. The summed E-state index contributed by atoms with van der Waals surface area (Å²) in [7, 11) is -2.55. The molecule has 0 aliphatic carbocycles. The van der Waals surface area contributed by atoms with Crippen molar-refractivity contribution in [1.82, 2.24) is 0 Å². The first-order valence-electron chi connectivity index (χ1n) is 10.5. The highest BCUT2D eigenvalue weighted by Gasteiger charge is 2.51. The molecule has 3 aromatic carbocycles. The zero-order valence-corrected chi connectivity index (χ0v) is 20.1. The van der Waals surface area contributed by atoms with Gasteiger partial charge in [-0.15, -0.1) is 6.58 Å². The van der Waals surface area contributed by atoms with Crippen LogP contribution in [0.1, 0.15) is 26.3 Å². The Labute approximate surface area is 187 Å². The third-order valence-electron chi connectivity index (χ3n) is 5.40. The molecule has 0 aliphatic rings. The van der Waals surface area contributed by atoms with Gasteiger partial charge in [0.05, 0.1) is 6.10 Å². The van der Waals surface area contributed by atoms with Crippen LogP contribution in [-0.4, -0.2) is 20.2 Å². The van der Waals surface area contributed by atoms with Gasteiger partial charge < -0.3 is 4.43 Å². The Bertz CT molecular complexity index is 864. The second-order valence-corrected chi connectivity index (χ2v) is 13.8. The van der Waals surface area contributed by atoms with E-state index in [1.807, 2.05) is 17.8 Å². The van der Waals surface area contributed by atoms with Crippen molar-refractivity contribution in [1.29, 1.82) is 0 Å². The molecule has 0 heterocycles. The number of hydrogen-bond donors (Lipinski definition) is 0. The molecule has 0 N–H and O–H groups in total. The highest BCUT2D eigenvalue weighted by atomic mass is 32.2. The zero-order chi connectivity index (χ0) is 21.5. The van der Waals surface area contributed by atoms with E-state index in [0.29, 0.717) is 0 Å². The Morgan fingerprint density at radius 2 is 1.30 bits per heavy atom. The maximum Gasteiger partial charge on any atom is 0.261 e. The first kappa shape index (κ1) is 22.6. The molecule has 156 valence electrons. The monoisotopic (exact) mass is 432 g/mol. The van der Waals surface area contributed by atoms with E-state index in [2.05, 4.69) is 118 Å². The quantitative estimate of drug-likeness (QED) is 0.301. The van der Waals surface area contributed by atoms with Crippen molar-refractivity contribution in [3.63, 3.8) is 0 Å². The zero-order valence-electron chi connectivity index (χ0n) is 18.3. The fourth-order valence-corrected chi connectivity index (χ4v) is 9.69. The molecule has 3 aromatic rings. The molecule has 0 saturated carbocycles. The predicted octanol–water partition coefficient (Wildman–Crippen LogP) is 6.05. The van der Waals surface area contributed by atoms with Gasteiger partial charge >= 0.3 is 0 Å². The fraction of sp³-hybridized carbons (Fsp3) is 0.259. The van der Waals surface area contributed by atoms with E-state index in [-0.39, 0.29) is 11.1 Å². The first-order chi connectivity index (χ1) is 14.5. The summed E-state index contributed by atoms with van der Waals surface area (Å²) in [5.74, 6) is 1.87. The molecule has 0 aromatic heterocycles. The molecular weight excluding hydrogens is 400 g/mol. The molecule has 0 spiro atoms. The van der Waals surface area contributed by atoms with Gasteiger partial charge in [0.15, 0.2) is 0 Å². The van der Waals surface area contributed by atoms with Crippen LogP contribution < -0.4 is 10.4 Å². The van der Waals surface area contributed by atoms with Crippen LogP contribution in [0.4, 0.5) is 0 Å². The molecule has 0 radical (unpaired) electrons. The third kappa shape index (κ3) is 5.15. The van der Waals surface area contributed by atoms with Gasteiger partial charge in [-0.05, 0) is 21.0 Å². The Balaban J connectivity index is 1.92. The lowest BCUT2D eigenvalue weighted by Gasteiger charge is -2.44. The van der Waals surface area contributed by atoms with Gasteiger partial charge in [0, 0.05) is 11.5 Å². The second-order valence-electron chi connectivity index (χ2n) is 8.56. The molecule has 0 fully saturated rings. The van der Waals surface area contributed by atoms with Gasteiger partial charge in [0.2, 0.25) is 0 Å². The lowest BCUT2D eigenvalue weighted by atomic mass is 10.2. The van der Waals surface area contributed by atoms with Gasteiger partial charge in [-0.25, -0.2) is 0 Å². The summed E-state index contributed by atoms with van der Waals surface area (Å²) in [6.45, 7) is 11.1. The van der Waals surface area contributed by atoms with Crippen LogP contribution in [-0.2, 0) is 10.2 Å². The summed E-state index contributed by atoms with van der Waals surface area (Å²) in [6, 6.07) is 32.2. The molecule has 3 heteroatoms. The minimum absolute atomic E-state index is 0.00924. The highest BCUT2D eigenvalue weighted by Crippen LogP contribution is 2.38. The number of rotatable bonds is 9. The van der Waals surface area contributed by atoms with Gasteiger partial charge in [0.1, 0.15) is 0 Å². The maximum atomic E-state index is 7.16. The SMILES string of the molecule is C=C[C@@H](CSCc1ccccc1)O[Si](c1ccccc1)(c1ccccc1)C(C)(C)C. The van der Waals surface area contributed by atoms with Crippen molar-refractivity contribution in [2.24, 2.45) is 0 Å². The molecule has 3 rings (SSSR count). The van der Waals surface area contributed by atoms with E-state index < -0.39 is 8.32 Å². The Morgan fingerprint density at radius 1 is 0.833 bits per heavy atom. The normalized spacial score (nSPS) is 13.0. The third-order valence-corrected chi connectivity index (χ3v) is 11.6. The summed E-state index contributed by atoms with van der Waals surface area (Å²) >= 11 is 1.91. The molecule has 1 atom stereocenters. The lowest BCUT2D eigenvalue weighted by molar-refractivity contribution is 0.256. The smallest absolute Gasteiger partial charge is 0.261 e. The molecule has 0 aliphatic heterocycles. The van der Waals surface area contributed by atoms with Crippen LogP contribution >= 0.6 is 11.8 Å². The largest absolute Gasteiger partial charge is 0.400 e. The lowest BCUT2D eigenvalue weighted by Crippen LogP contribution is -2.67. The van der Waals surface area contributed by atoms with E-state index in [1.54, 1.807) is 0 Å². The topological polar surface area (TPSA) is 9.23 Å². The maximum absolute atomic E-state index is 7.16. The van der Waals surface area contributed by atoms with E-state index in [4.69, 9.17) is 4.43 Å². The number of benzene rings is 3. The van der Waals surface area contributed by atoms with Crippen molar-refractivity contribution in [3.8, 4) is 0 Å². The van der Waals surface area contributed by atoms with Crippen molar-refractivity contribution in [3.05, 3.63) is 109 Å². The molecule has 0 unspecified atom stereocenters. The standard InChI is InChI=1S/C27H32OSSi/c1-5-24(22-29-21-23-15-9-6-10-16-23)28-30(27(2,3)4,25-17-11-7-12-18-25)26-19-13-8-14-20-26/h5-20,24H,1,21-22H2,2-4H3/t24-/m0/s1. The van der Waals surface area contributed by atoms with Crippen LogP contribution in [0.3, 0.4) is 0 Å². The minimum atomic E-state index is -2.55. The summed E-state index contributed by atoms with van der Waals surface area (Å²) in [5, 5.41) is 2.59. The van der Waals surface area contributed by atoms with Gasteiger partial charge in [-0.1, -0.05) is 118 Å². The number of thioether (sulfide) groups is 1. The molecule has 1 nitrogen and oxygen atoms in total. The second kappa shape index (κ2) is 10.3. The first-order valence-corrected chi connectivity index (χ1v) is 13.6. The van der Waals surface area contributed by atoms with Crippen LogP contribution in [0.25, 0.3) is 0 Å². The Morgan fingerprint density at radius 3 is 1.73 bits per heavy atom. The van der Waals surface area contributed by atoms with Gasteiger partial charge in [-0.3, -0.25) is 0 Å². The Hall–Kier alpha value is -2.07. The minimum Gasteiger partial charge on any atom is -0.400 e. The van der Waals surface area contributed by atoms with Crippen molar-refractivity contribution in [2.75, 3.05) is 5.75 Å². The van der Waals surface area contributed by atoms with Crippen molar-refractivity contribution < 1.29 is 4.43 Å². The Kier molecular flexibility index (Phi) is 7.76. The van der Waals surface area contributed by atoms with Crippen molar-refractivity contribution >= 4 is 30.5 Å². The summed E-state index contributed by atoms with van der Waals surface area (Å²) in [5.41, 5.74) is 1.34. The van der Waals surface area contributed by atoms with Crippen LogP contribution in [0, 0.1) is 0 Å². The fourth-order valence-electron chi connectivity index (χ4n) is 3.94. The predicted molar refractivity (Wildman–Crippen MR) is 135 cm³/mol. The molecule has 0 amide bonds. The summed E-state index contributed by atoms with van der Waals surface area (Å²) in [4.78, 5) is 0. The average molecular weight is 433 g/mol. The molecule has 0 saturated heterocycles. The number of hydrogen-bond acceptors (Lipinski definition) is 2. The molecule has 0 bridgehead atoms. The molecular formula is C27H32OSSi. The van der Waals surface area contributed by atoms with Gasteiger partial charge in [0.25, 0.3) is 8.32 Å². The highest BCUT2D eigenvalue weighted by molar-refractivity contribution is 7.98. The van der Waals surface area contributed by atoms with E-state index in [0.717, 1.165) is 11.5 Å². The van der Waals surface area contributed by atoms with Gasteiger partial charge in [-0.2, -0.15) is 11.8 Å². The van der Waals surface area contributed by atoms with E-state index >= 15 is 0 Å². The summed E-state index contributed by atoms with van der Waals surface area (Å²) in [6.07, 6.45) is 1.97.